The number of piperidine rings is 4. The van der Waals surface area contributed by atoms with Crippen LogP contribution < -0.4 is 10.5 Å². The number of hydrogen-bond acceptors (Lipinski definition) is 17. The van der Waals surface area contributed by atoms with Crippen molar-refractivity contribution in [1.29, 1.82) is 0 Å². The van der Waals surface area contributed by atoms with Gasteiger partial charge in [-0.3, -0.25) is 58.5 Å². The third-order valence-corrected chi connectivity index (χ3v) is 25.3. The number of aliphatic hydroxyl groups is 2. The largest absolute Gasteiger partial charge is 0.492 e. The topological polar surface area (TPSA) is 263 Å². The number of nitrogens with zero attached hydrogens (tertiary/aromatic N) is 16. The summed E-state index contributed by atoms with van der Waals surface area (Å²) < 4.78 is 14.0. The van der Waals surface area contributed by atoms with E-state index in [0.29, 0.717) is 183 Å². The first-order valence-electron chi connectivity index (χ1n) is 45.4. The number of nitrogens with two attached hydrogens (primary N) is 1. The van der Waals surface area contributed by atoms with Gasteiger partial charge in [-0.25, -0.2) is 24.4 Å². The summed E-state index contributed by atoms with van der Waals surface area (Å²) in [5.41, 5.74) is 27.1. The molecule has 4 N–H and O–H groups in total. The van der Waals surface area contributed by atoms with Crippen LogP contribution in [0.5, 0.6) is 5.75 Å². The first-order chi connectivity index (χ1) is 62.8. The molecule has 4 fully saturated rings. The summed E-state index contributed by atoms with van der Waals surface area (Å²) in [5, 5.41) is 19.6. The molecule has 25 nitrogen and oxygen atoms in total. The summed E-state index contributed by atoms with van der Waals surface area (Å²) in [5.74, 6) is 5.56. The fourth-order valence-electron chi connectivity index (χ4n) is 18.7. The molecule has 670 valence electrons. The van der Waals surface area contributed by atoms with E-state index in [4.69, 9.17) is 48.2 Å². The van der Waals surface area contributed by atoms with E-state index in [2.05, 4.69) is 95.0 Å². The highest BCUT2D eigenvalue weighted by atomic mass is 16.5. The van der Waals surface area contributed by atoms with Gasteiger partial charge in [-0.05, 0) is 233 Å². The number of likely N-dealkylation sites (tertiary alicyclic amines) is 4. The first kappa shape index (κ1) is 94.6. The van der Waals surface area contributed by atoms with Crippen LogP contribution in [0.1, 0.15) is 185 Å². The molecule has 25 heteroatoms. The molecule has 0 bridgehead atoms. The molecule has 16 rings (SSSR count). The van der Waals surface area contributed by atoms with Gasteiger partial charge in [-0.1, -0.05) is 69.3 Å². The molecule has 0 saturated carbocycles. The van der Waals surface area contributed by atoms with E-state index in [-0.39, 0.29) is 47.7 Å². The van der Waals surface area contributed by atoms with E-state index in [9.17, 15) is 34.2 Å². The smallest absolute Gasteiger partial charge is 0.187 e. The number of aryl methyl sites for hydroxylation is 3. The lowest BCUT2D eigenvalue weighted by Crippen LogP contribution is -2.41. The highest BCUT2D eigenvalue weighted by molar-refractivity contribution is 6.12. The number of benzene rings is 4. The van der Waals surface area contributed by atoms with Crippen LogP contribution in [0.15, 0.2) is 146 Å². The maximum Gasteiger partial charge on any atom is 0.187 e. The molecule has 4 aliphatic heterocycles. The number of Topliss-reactive ketones (excluding diaryl/α,β-unsaturated/α-hetero) is 5. The second-order valence-electron chi connectivity index (χ2n) is 35.3. The zero-order chi connectivity index (χ0) is 92.4. The Hall–Kier alpha value is -13.0. The number of terminal acetylenes is 1. The van der Waals surface area contributed by atoms with E-state index in [1.165, 1.54) is 6.42 Å². The van der Waals surface area contributed by atoms with Crippen molar-refractivity contribution in [3.8, 4) is 40.8 Å². The lowest BCUT2D eigenvalue weighted by Gasteiger charge is -2.34. The average molecular weight is 1750 g/mol. The predicted molar refractivity (Wildman–Crippen MR) is 512 cm³/mol. The van der Waals surface area contributed by atoms with Crippen molar-refractivity contribution in [2.75, 3.05) is 91.7 Å². The minimum atomic E-state index is -0.293. The Kier molecular flexibility index (Phi) is 32.0. The minimum Gasteiger partial charge on any atom is -0.492 e. The Morgan fingerprint density at radius 3 is 1.15 bits per heavy atom. The molecule has 12 heterocycles. The number of ether oxygens (including phenoxy) is 1. The number of fused-ring (bicyclic) bond motifs is 4. The van der Waals surface area contributed by atoms with Crippen molar-refractivity contribution in [1.82, 2.24) is 57.8 Å². The summed E-state index contributed by atoms with van der Waals surface area (Å²) in [7, 11) is 0. The number of ketones is 5. The second-order valence-corrected chi connectivity index (χ2v) is 35.3. The summed E-state index contributed by atoms with van der Waals surface area (Å²) in [6, 6.07) is 37.7. The molecule has 0 radical (unpaired) electrons. The number of unbranched alkanes of at least 4 members (excludes halogenated alkanes) is 2. The van der Waals surface area contributed by atoms with Gasteiger partial charge < -0.3 is 39.0 Å². The Labute approximate surface area is 762 Å². The molecule has 12 aromatic rings. The SMILES string of the molecule is [C-]#[N+]c1ccc(-n2c(C)c(C(=O)CN3CCC(CN)CC3)c3ncc(C)cc32)cc1.[C-]#[N+]c1ccc(-n2c(C)c(C(=O)CN3CCC(O)CC3)c3ncc(CCC(=O)CCCCC#C)cc32)cc1.[C-]#[N+]c1ccc(-n2c(C)c(C(=O)CN3CCC(O)CC3)c3ncc(OCCC)cc32)cc1.[C-]#[N+]c1ccc(-n2c(C)c(C(=O)CN3C[C@@H](C)C[C@H](C)C3)c3ncc(C)cc32)cc1. The number of hydrogen-bond donors (Lipinski definition) is 3. The lowest BCUT2D eigenvalue weighted by atomic mass is 9.91. The molecule has 0 unspecified atom stereocenters. The fourth-order valence-corrected chi connectivity index (χ4v) is 18.7. The third-order valence-electron chi connectivity index (χ3n) is 25.3. The van der Waals surface area contributed by atoms with E-state index in [0.717, 1.165) is 160 Å². The maximum atomic E-state index is 13.6. The minimum absolute atomic E-state index is 0.00261. The molecule has 0 aliphatic carbocycles. The van der Waals surface area contributed by atoms with Crippen molar-refractivity contribution in [2.24, 2.45) is 23.5 Å². The Morgan fingerprint density at radius 1 is 0.462 bits per heavy atom. The first-order valence-corrected chi connectivity index (χ1v) is 45.4. The van der Waals surface area contributed by atoms with Crippen molar-refractivity contribution < 1.29 is 38.9 Å². The number of rotatable bonds is 27. The molecule has 2 atom stereocenters. The average Bonchev–Trinajstić information content (AvgIpc) is 1.62. The van der Waals surface area contributed by atoms with Crippen LogP contribution in [0.2, 0.25) is 0 Å². The number of pyridine rings is 4. The molecule has 0 spiro atoms. The predicted octanol–water partition coefficient (Wildman–Crippen LogP) is 18.9. The van der Waals surface area contributed by atoms with Crippen LogP contribution in [0, 0.1) is 97.9 Å². The standard InChI is InChI=1S/C31H34N4O3.C25H28N4O3.C25H28N4O.C24H27N5O/c1-4-5-6-7-8-26(36)14-9-23-19-28-31(33-20-23)30(29(38)21-34-17-15-27(37)16-18-34)22(2)35(28)25-12-10-24(32-3)11-13-25;1-4-13-32-21-14-22-25(27-15-21)24(23(31)16-28-11-9-20(30)10-12-28)17(2)29(22)19-7-5-18(26-3)6-8-19;1-16-11-22-25(27-12-16)24(23(30)15-28-13-17(2)10-18(3)14-28)19(4)29(22)21-8-6-20(26-5)7-9-21;1-16-12-21-24(27-14-16)23(22(30)15-28-10-8-18(13-25)9-11-28)17(2)29(21)20-6-4-19(26-3)5-7-20/h1,10-13,19-20,27,37H,5-9,14-18,21H2,2H3;5-8,14-15,20,30H,4,9-13,16H2,1-2H3;6-9,11-12,17-18H,10,13-15H2,1-4H3;4-7,12,14,18H,8-11,13,15,25H2,1-2H3/t;;17-,18-;/m..0./s1. The van der Waals surface area contributed by atoms with E-state index >= 15 is 0 Å². The molecule has 130 heavy (non-hydrogen) atoms. The number of aliphatic hydroxyl groups excluding tert-OH is 2. The van der Waals surface area contributed by atoms with Crippen molar-refractivity contribution in [2.45, 2.75) is 164 Å². The van der Waals surface area contributed by atoms with Crippen LogP contribution in [0.4, 0.5) is 22.7 Å². The number of carbonyl (C=O) groups is 5. The molecule has 0 amide bonds. The lowest BCUT2D eigenvalue weighted by molar-refractivity contribution is -0.119. The van der Waals surface area contributed by atoms with Crippen LogP contribution in [-0.2, 0) is 11.2 Å². The summed E-state index contributed by atoms with van der Waals surface area (Å²) in [4.78, 5) is 107. The van der Waals surface area contributed by atoms with E-state index in [1.807, 2.05) is 143 Å². The normalized spacial score (nSPS) is 16.0. The van der Waals surface area contributed by atoms with Gasteiger partial charge in [0.05, 0.1) is 144 Å². The quantitative estimate of drug-likeness (QED) is 0.0187. The number of carbonyl (C=O) groups excluding carboxylic acids is 5. The molecule has 4 aromatic carbocycles. The molecule has 8 aromatic heterocycles. The van der Waals surface area contributed by atoms with Gasteiger partial charge in [0, 0.05) is 129 Å². The molecule has 4 saturated heterocycles. The van der Waals surface area contributed by atoms with Gasteiger partial charge in [-0.15, -0.1) is 12.3 Å². The Morgan fingerprint density at radius 2 is 0.800 bits per heavy atom. The highest BCUT2D eigenvalue weighted by Crippen LogP contribution is 2.38. The van der Waals surface area contributed by atoms with Gasteiger partial charge in [0.15, 0.2) is 45.9 Å². The second kappa shape index (κ2) is 43.9. The summed E-state index contributed by atoms with van der Waals surface area (Å²) >= 11 is 0. The van der Waals surface area contributed by atoms with Crippen LogP contribution in [0.25, 0.3) is 86.3 Å². The van der Waals surface area contributed by atoms with Gasteiger partial charge in [0.2, 0.25) is 0 Å². The molecular formula is C105H117N17O8. The van der Waals surface area contributed by atoms with E-state index in [1.54, 1.807) is 48.8 Å². The van der Waals surface area contributed by atoms with Crippen LogP contribution in [-0.4, -0.2) is 201 Å². The Bertz CT molecular complexity index is 6310. The molecular weight excluding hydrogens is 1630 g/mol. The number of aromatic nitrogens is 8. The zero-order valence-electron chi connectivity index (χ0n) is 76.2. The van der Waals surface area contributed by atoms with Crippen molar-refractivity contribution in [3.63, 3.8) is 0 Å². The summed E-state index contributed by atoms with van der Waals surface area (Å²) in [6.45, 7) is 56.6. The maximum absolute atomic E-state index is 13.6. The Balaban J connectivity index is 0.000000148. The van der Waals surface area contributed by atoms with Crippen molar-refractivity contribution in [3.05, 3.63) is 254 Å². The summed E-state index contributed by atoms with van der Waals surface area (Å²) in [6.07, 6.45) is 22.7. The van der Waals surface area contributed by atoms with Gasteiger partial charge in [-0.2, -0.15) is 0 Å². The van der Waals surface area contributed by atoms with Gasteiger partial charge >= 0.3 is 0 Å². The van der Waals surface area contributed by atoms with Crippen LogP contribution in [0.3, 0.4) is 0 Å². The van der Waals surface area contributed by atoms with E-state index < -0.39 is 0 Å². The van der Waals surface area contributed by atoms with Crippen LogP contribution >= 0.6 is 0 Å². The third kappa shape index (κ3) is 22.5. The van der Waals surface area contributed by atoms with Gasteiger partial charge in [0.25, 0.3) is 0 Å². The molecule has 4 aliphatic rings. The van der Waals surface area contributed by atoms with Crippen molar-refractivity contribution >= 4 is 95.8 Å². The highest BCUT2D eigenvalue weighted by Gasteiger charge is 2.33. The monoisotopic (exact) mass is 1740 g/mol. The zero-order valence-corrected chi connectivity index (χ0v) is 76.2. The van der Waals surface area contributed by atoms with Gasteiger partial charge in [0.1, 0.15) is 11.5 Å². The fraction of sp³-hybridized carbons (Fsp3) is 0.400.